The summed E-state index contributed by atoms with van der Waals surface area (Å²) in [5.74, 6) is 2.90. The van der Waals surface area contributed by atoms with E-state index in [9.17, 15) is 4.79 Å². The number of halogens is 1. The van der Waals surface area contributed by atoms with Gasteiger partial charge in [0.05, 0.1) is 6.04 Å². The van der Waals surface area contributed by atoms with Crippen molar-refractivity contribution in [1.82, 2.24) is 10.2 Å². The summed E-state index contributed by atoms with van der Waals surface area (Å²) in [7, 11) is 1.96. The van der Waals surface area contributed by atoms with E-state index in [2.05, 4.69) is 5.32 Å². The molecule has 0 spiro atoms. The van der Waals surface area contributed by atoms with E-state index < -0.39 is 0 Å². The fourth-order valence-electron chi connectivity index (χ4n) is 2.67. The second-order valence-electron chi connectivity index (χ2n) is 4.99. The molecular formula is C12H23ClN2OS. The summed E-state index contributed by atoms with van der Waals surface area (Å²) >= 11 is 1.82. The van der Waals surface area contributed by atoms with Gasteiger partial charge in [-0.25, -0.2) is 0 Å². The third-order valence-electron chi connectivity index (χ3n) is 3.65. The van der Waals surface area contributed by atoms with Crippen molar-refractivity contribution in [3.8, 4) is 0 Å². The van der Waals surface area contributed by atoms with Gasteiger partial charge in [-0.3, -0.25) is 10.1 Å². The van der Waals surface area contributed by atoms with Crippen molar-refractivity contribution in [3.05, 3.63) is 0 Å². The monoisotopic (exact) mass is 278 g/mol. The molecule has 1 unspecified atom stereocenters. The number of amides is 1. The number of nitrogens with zero attached hydrogens (tertiary/aromatic N) is 1. The molecule has 0 bridgehead atoms. The third kappa shape index (κ3) is 4.34. The first kappa shape index (κ1) is 15.1. The van der Waals surface area contributed by atoms with Gasteiger partial charge in [0, 0.05) is 25.2 Å². The van der Waals surface area contributed by atoms with Gasteiger partial charge in [-0.05, 0) is 18.8 Å². The lowest BCUT2D eigenvalue weighted by atomic mass is 9.89. The Labute approximate surface area is 114 Å². The molecule has 5 heteroatoms. The van der Waals surface area contributed by atoms with Crippen LogP contribution in [0.15, 0.2) is 0 Å². The first-order valence-electron chi connectivity index (χ1n) is 6.33. The maximum Gasteiger partial charge on any atom is 0.240 e. The maximum atomic E-state index is 12.1. The van der Waals surface area contributed by atoms with Crippen molar-refractivity contribution in [3.63, 3.8) is 0 Å². The predicted octanol–water partition coefficient (Wildman–Crippen LogP) is 2.11. The van der Waals surface area contributed by atoms with Gasteiger partial charge < -0.3 is 4.90 Å². The number of likely N-dealkylation sites (N-methyl/N-ethyl adjacent to an activating group) is 1. The Morgan fingerprint density at radius 3 is 2.65 bits per heavy atom. The summed E-state index contributed by atoms with van der Waals surface area (Å²) in [6, 6.07) is 0.0681. The van der Waals surface area contributed by atoms with E-state index in [-0.39, 0.29) is 24.4 Å². The molecule has 2 rings (SSSR count). The van der Waals surface area contributed by atoms with E-state index >= 15 is 0 Å². The number of rotatable bonds is 3. The van der Waals surface area contributed by atoms with Crippen molar-refractivity contribution < 1.29 is 4.79 Å². The van der Waals surface area contributed by atoms with Crippen LogP contribution in [0.3, 0.4) is 0 Å². The SMILES string of the molecule is CN(CC1CCCCC1)C(=O)C1CSCN1.Cl. The van der Waals surface area contributed by atoms with Gasteiger partial charge >= 0.3 is 0 Å². The second kappa shape index (κ2) is 7.49. The quantitative estimate of drug-likeness (QED) is 0.858. The molecule has 2 fully saturated rings. The lowest BCUT2D eigenvalue weighted by Crippen LogP contribution is -2.44. The Morgan fingerprint density at radius 2 is 2.06 bits per heavy atom. The van der Waals surface area contributed by atoms with Crippen molar-refractivity contribution >= 4 is 30.1 Å². The highest BCUT2D eigenvalue weighted by atomic mass is 35.5. The molecule has 1 aliphatic carbocycles. The van der Waals surface area contributed by atoms with Crippen LogP contribution in [0.5, 0.6) is 0 Å². The number of carbonyl (C=O) groups excluding carboxylic acids is 1. The number of nitrogens with one attached hydrogen (secondary N) is 1. The van der Waals surface area contributed by atoms with Crippen molar-refractivity contribution in [1.29, 1.82) is 0 Å². The molecule has 2 aliphatic rings. The van der Waals surface area contributed by atoms with Crippen LogP contribution < -0.4 is 5.32 Å². The minimum Gasteiger partial charge on any atom is -0.344 e. The van der Waals surface area contributed by atoms with Crippen LogP contribution in [-0.4, -0.2) is 42.1 Å². The average molecular weight is 279 g/mol. The van der Waals surface area contributed by atoms with Crippen LogP contribution in [0.1, 0.15) is 32.1 Å². The maximum absolute atomic E-state index is 12.1. The summed E-state index contributed by atoms with van der Waals surface area (Å²) in [5.41, 5.74) is 0. The molecule has 3 nitrogen and oxygen atoms in total. The van der Waals surface area contributed by atoms with E-state index in [1.807, 2.05) is 23.7 Å². The molecule has 17 heavy (non-hydrogen) atoms. The normalized spacial score (nSPS) is 25.4. The zero-order valence-corrected chi connectivity index (χ0v) is 12.1. The molecule has 0 aromatic carbocycles. The van der Waals surface area contributed by atoms with E-state index in [1.54, 1.807) is 0 Å². The van der Waals surface area contributed by atoms with Crippen LogP contribution in [0.4, 0.5) is 0 Å². The molecular weight excluding hydrogens is 256 g/mol. The van der Waals surface area contributed by atoms with Crippen LogP contribution in [0.25, 0.3) is 0 Å². The van der Waals surface area contributed by atoms with Gasteiger partial charge in [-0.1, -0.05) is 19.3 Å². The van der Waals surface area contributed by atoms with Gasteiger partial charge in [0.2, 0.25) is 5.91 Å². The zero-order valence-electron chi connectivity index (χ0n) is 10.5. The van der Waals surface area contributed by atoms with Crippen LogP contribution in [0.2, 0.25) is 0 Å². The Hall–Kier alpha value is 0.0700. The number of hydrogen-bond donors (Lipinski definition) is 1. The molecule has 0 radical (unpaired) electrons. The number of thioether (sulfide) groups is 1. The topological polar surface area (TPSA) is 32.3 Å². The first-order chi connectivity index (χ1) is 7.77. The highest BCUT2D eigenvalue weighted by molar-refractivity contribution is 7.99. The summed E-state index contributed by atoms with van der Waals surface area (Å²) in [6.45, 7) is 0.960. The molecule has 100 valence electrons. The van der Waals surface area contributed by atoms with Gasteiger partial charge in [0.15, 0.2) is 0 Å². The Morgan fingerprint density at radius 1 is 1.35 bits per heavy atom. The van der Waals surface area contributed by atoms with Gasteiger partial charge in [-0.2, -0.15) is 0 Å². The van der Waals surface area contributed by atoms with E-state index in [0.717, 1.165) is 24.1 Å². The largest absolute Gasteiger partial charge is 0.344 e. The van der Waals surface area contributed by atoms with Gasteiger partial charge in [0.25, 0.3) is 0 Å². The lowest BCUT2D eigenvalue weighted by molar-refractivity contribution is -0.132. The Kier molecular flexibility index (Phi) is 6.67. The first-order valence-corrected chi connectivity index (χ1v) is 7.49. The van der Waals surface area contributed by atoms with E-state index in [4.69, 9.17) is 0 Å². The molecule has 1 aliphatic heterocycles. The smallest absolute Gasteiger partial charge is 0.240 e. The summed E-state index contributed by atoms with van der Waals surface area (Å²) in [5, 5.41) is 3.25. The third-order valence-corrected chi connectivity index (χ3v) is 4.59. The summed E-state index contributed by atoms with van der Waals surface area (Å²) < 4.78 is 0. The van der Waals surface area contributed by atoms with Gasteiger partial charge in [-0.15, -0.1) is 24.2 Å². The van der Waals surface area contributed by atoms with Gasteiger partial charge in [0.1, 0.15) is 0 Å². The molecule has 1 atom stereocenters. The highest BCUT2D eigenvalue weighted by Crippen LogP contribution is 2.24. The fourth-order valence-corrected chi connectivity index (χ4v) is 3.60. The predicted molar refractivity (Wildman–Crippen MR) is 75.7 cm³/mol. The molecule has 0 aromatic heterocycles. The zero-order chi connectivity index (χ0) is 11.4. The Bertz CT molecular complexity index is 241. The summed E-state index contributed by atoms with van der Waals surface area (Å²) in [4.78, 5) is 14.0. The molecule has 1 amide bonds. The standard InChI is InChI=1S/C12H22N2OS.ClH/c1-14(7-10-5-3-2-4-6-10)12(15)11-8-16-9-13-11;/h10-11,13H,2-9H2,1H3;1H. The lowest BCUT2D eigenvalue weighted by Gasteiger charge is -2.28. The fraction of sp³-hybridized carbons (Fsp3) is 0.917. The number of carbonyl (C=O) groups is 1. The van der Waals surface area contributed by atoms with E-state index in [1.165, 1.54) is 32.1 Å². The summed E-state index contributed by atoms with van der Waals surface area (Å²) in [6.07, 6.45) is 6.71. The second-order valence-corrected chi connectivity index (χ2v) is 6.02. The van der Waals surface area contributed by atoms with Crippen LogP contribution in [-0.2, 0) is 4.79 Å². The molecule has 0 aromatic rings. The molecule has 1 N–H and O–H groups in total. The highest BCUT2D eigenvalue weighted by Gasteiger charge is 2.26. The van der Waals surface area contributed by atoms with Crippen LogP contribution in [0, 0.1) is 5.92 Å². The Balaban J connectivity index is 0.00000144. The van der Waals surface area contributed by atoms with Crippen molar-refractivity contribution in [2.24, 2.45) is 5.92 Å². The van der Waals surface area contributed by atoms with Crippen molar-refractivity contribution in [2.75, 3.05) is 25.2 Å². The minimum absolute atomic E-state index is 0. The van der Waals surface area contributed by atoms with Crippen LogP contribution >= 0.6 is 24.2 Å². The minimum atomic E-state index is 0. The molecule has 1 saturated heterocycles. The molecule has 1 heterocycles. The average Bonchev–Trinajstić information content (AvgIpc) is 2.83. The molecule has 1 saturated carbocycles. The van der Waals surface area contributed by atoms with E-state index in [0.29, 0.717) is 0 Å². The van der Waals surface area contributed by atoms with Crippen molar-refractivity contribution in [2.45, 2.75) is 38.1 Å². The number of hydrogen-bond acceptors (Lipinski definition) is 3.